The van der Waals surface area contributed by atoms with Gasteiger partial charge in [0.15, 0.2) is 11.9 Å². The molecule has 0 spiro atoms. The Morgan fingerprint density at radius 1 is 1.36 bits per heavy atom. The number of aliphatic hydroxyl groups is 2. The van der Waals surface area contributed by atoms with E-state index in [2.05, 4.69) is 10.3 Å². The maximum absolute atomic E-state index is 12.9. The first-order valence-corrected chi connectivity index (χ1v) is 7.73. The van der Waals surface area contributed by atoms with Crippen molar-refractivity contribution in [2.24, 2.45) is 5.73 Å². The second kappa shape index (κ2) is 6.71. The quantitative estimate of drug-likeness (QED) is 0.623. The van der Waals surface area contributed by atoms with Crippen molar-refractivity contribution in [1.29, 1.82) is 0 Å². The van der Waals surface area contributed by atoms with Crippen molar-refractivity contribution in [2.75, 3.05) is 6.61 Å². The van der Waals surface area contributed by atoms with Gasteiger partial charge in [0.25, 0.3) is 5.91 Å². The maximum atomic E-state index is 12.9. The summed E-state index contributed by atoms with van der Waals surface area (Å²) in [5, 5.41) is 26.6. The lowest BCUT2D eigenvalue weighted by Crippen LogP contribution is -2.24. The van der Waals surface area contributed by atoms with Crippen LogP contribution in [0, 0.1) is 6.92 Å². The van der Waals surface area contributed by atoms with Crippen molar-refractivity contribution in [3.63, 3.8) is 0 Å². The van der Waals surface area contributed by atoms with Crippen LogP contribution in [0.4, 0.5) is 0 Å². The molecular formula is C16H18N4O5. The van der Waals surface area contributed by atoms with E-state index in [9.17, 15) is 19.8 Å². The third-order valence-corrected chi connectivity index (χ3v) is 4.11. The van der Waals surface area contributed by atoms with Crippen LogP contribution in [0.5, 0.6) is 0 Å². The van der Waals surface area contributed by atoms with E-state index >= 15 is 0 Å². The molecule has 2 unspecified atom stereocenters. The van der Waals surface area contributed by atoms with Crippen LogP contribution >= 0.6 is 0 Å². The predicted octanol–water partition coefficient (Wildman–Crippen LogP) is -0.443. The number of primary amides is 1. The fourth-order valence-electron chi connectivity index (χ4n) is 2.74. The van der Waals surface area contributed by atoms with Crippen LogP contribution in [0.1, 0.15) is 44.8 Å². The van der Waals surface area contributed by atoms with Gasteiger partial charge in [0.1, 0.15) is 11.8 Å². The zero-order valence-corrected chi connectivity index (χ0v) is 13.5. The molecule has 9 heteroatoms. The number of benzene rings is 1. The number of aryl methyl sites for hydroxylation is 1. The molecule has 1 fully saturated rings. The van der Waals surface area contributed by atoms with Crippen molar-refractivity contribution >= 4 is 11.7 Å². The Balaban J connectivity index is 2.02. The summed E-state index contributed by atoms with van der Waals surface area (Å²) in [6.45, 7) is 1.51. The lowest BCUT2D eigenvalue weighted by atomic mass is 10.0. The molecule has 132 valence electrons. The van der Waals surface area contributed by atoms with Crippen LogP contribution in [-0.4, -0.2) is 55.7 Å². The highest BCUT2D eigenvalue weighted by atomic mass is 16.5. The maximum Gasteiger partial charge on any atom is 0.271 e. The molecule has 1 aromatic heterocycles. The SMILES string of the molecule is Cc1ccc(C(=O)c2c(C(N)=O)nnn2C2C[C@H](O)C(CO)O2)cc1. The van der Waals surface area contributed by atoms with Crippen molar-refractivity contribution < 1.29 is 24.5 Å². The number of ketones is 1. The van der Waals surface area contributed by atoms with Crippen molar-refractivity contribution in [1.82, 2.24) is 15.0 Å². The van der Waals surface area contributed by atoms with Gasteiger partial charge in [0.2, 0.25) is 5.78 Å². The zero-order chi connectivity index (χ0) is 18.1. The zero-order valence-electron chi connectivity index (χ0n) is 13.5. The monoisotopic (exact) mass is 346 g/mol. The molecule has 9 nitrogen and oxygen atoms in total. The average Bonchev–Trinajstić information content (AvgIpc) is 3.18. The van der Waals surface area contributed by atoms with Crippen molar-refractivity contribution in [3.8, 4) is 0 Å². The summed E-state index contributed by atoms with van der Waals surface area (Å²) in [5.41, 5.74) is 6.26. The number of carbonyl (C=O) groups is 2. The van der Waals surface area contributed by atoms with E-state index < -0.39 is 30.1 Å². The number of aliphatic hydroxyl groups excluding tert-OH is 2. The van der Waals surface area contributed by atoms with Gasteiger partial charge in [0, 0.05) is 12.0 Å². The first-order valence-electron chi connectivity index (χ1n) is 7.73. The number of hydrogen-bond acceptors (Lipinski definition) is 7. The van der Waals surface area contributed by atoms with Crippen LogP contribution in [0.15, 0.2) is 24.3 Å². The minimum atomic E-state index is -0.918. The van der Waals surface area contributed by atoms with E-state index in [1.54, 1.807) is 24.3 Å². The van der Waals surface area contributed by atoms with E-state index in [-0.39, 0.29) is 24.4 Å². The third kappa shape index (κ3) is 3.16. The highest BCUT2D eigenvalue weighted by Gasteiger charge is 2.38. The summed E-state index contributed by atoms with van der Waals surface area (Å²) < 4.78 is 6.64. The Kier molecular flexibility index (Phi) is 4.62. The minimum absolute atomic E-state index is 0.0982. The van der Waals surface area contributed by atoms with Crippen molar-refractivity contribution in [3.05, 3.63) is 46.8 Å². The van der Waals surface area contributed by atoms with E-state index in [1.807, 2.05) is 6.92 Å². The van der Waals surface area contributed by atoms with Gasteiger partial charge < -0.3 is 20.7 Å². The summed E-state index contributed by atoms with van der Waals surface area (Å²) in [6, 6.07) is 6.78. The highest BCUT2D eigenvalue weighted by Crippen LogP contribution is 2.30. The highest BCUT2D eigenvalue weighted by molar-refractivity contribution is 6.13. The van der Waals surface area contributed by atoms with Gasteiger partial charge in [0.05, 0.1) is 12.7 Å². The van der Waals surface area contributed by atoms with Gasteiger partial charge in [-0.15, -0.1) is 5.10 Å². The molecule has 1 aliphatic rings. The molecular weight excluding hydrogens is 328 g/mol. The molecule has 0 aliphatic carbocycles. The number of ether oxygens (including phenoxy) is 1. The third-order valence-electron chi connectivity index (χ3n) is 4.11. The van der Waals surface area contributed by atoms with E-state index in [0.29, 0.717) is 5.56 Å². The lowest BCUT2D eigenvalue weighted by Gasteiger charge is -2.14. The minimum Gasteiger partial charge on any atom is -0.394 e. The Bertz CT molecular complexity index is 801. The predicted molar refractivity (Wildman–Crippen MR) is 84.8 cm³/mol. The fourth-order valence-corrected chi connectivity index (χ4v) is 2.74. The first kappa shape index (κ1) is 17.2. The Hall–Kier alpha value is -2.62. The van der Waals surface area contributed by atoms with Crippen LogP contribution < -0.4 is 5.73 Å². The standard InChI is InChI=1S/C16H18N4O5/c1-8-2-4-9(5-3-8)15(23)14-13(16(17)24)18-19-20(14)12-6-10(22)11(7-21)25-12/h2-5,10-12,21-22H,6-7H2,1H3,(H2,17,24)/t10-,11?,12?/m0/s1. The van der Waals surface area contributed by atoms with Gasteiger partial charge in [-0.2, -0.15) is 0 Å². The molecule has 1 saturated heterocycles. The van der Waals surface area contributed by atoms with E-state index in [4.69, 9.17) is 10.5 Å². The van der Waals surface area contributed by atoms with Crippen LogP contribution in [0.3, 0.4) is 0 Å². The number of hydrogen-bond donors (Lipinski definition) is 3. The normalized spacial score (nSPS) is 22.9. The van der Waals surface area contributed by atoms with Crippen LogP contribution in [0.25, 0.3) is 0 Å². The second-order valence-corrected chi connectivity index (χ2v) is 5.91. The number of aromatic nitrogens is 3. The molecule has 0 radical (unpaired) electrons. The Morgan fingerprint density at radius 3 is 2.60 bits per heavy atom. The van der Waals surface area contributed by atoms with Gasteiger partial charge in [-0.3, -0.25) is 9.59 Å². The average molecular weight is 346 g/mol. The molecule has 1 amide bonds. The molecule has 25 heavy (non-hydrogen) atoms. The first-order chi connectivity index (χ1) is 11.9. The molecule has 2 heterocycles. The van der Waals surface area contributed by atoms with Gasteiger partial charge in [-0.25, -0.2) is 4.68 Å². The van der Waals surface area contributed by atoms with E-state index in [1.165, 1.54) is 0 Å². The molecule has 3 rings (SSSR count). The van der Waals surface area contributed by atoms with Crippen LogP contribution in [0.2, 0.25) is 0 Å². The summed E-state index contributed by atoms with van der Waals surface area (Å²) in [4.78, 5) is 24.5. The Morgan fingerprint density at radius 2 is 2.04 bits per heavy atom. The molecule has 0 bridgehead atoms. The van der Waals surface area contributed by atoms with Gasteiger partial charge in [-0.05, 0) is 6.92 Å². The molecule has 4 N–H and O–H groups in total. The molecule has 1 aliphatic heterocycles. The van der Waals surface area contributed by atoms with E-state index in [0.717, 1.165) is 10.2 Å². The molecule has 1 aromatic carbocycles. The number of nitrogens with two attached hydrogens (primary N) is 1. The smallest absolute Gasteiger partial charge is 0.271 e. The largest absolute Gasteiger partial charge is 0.394 e. The summed E-state index contributed by atoms with van der Waals surface area (Å²) >= 11 is 0. The summed E-state index contributed by atoms with van der Waals surface area (Å²) in [7, 11) is 0. The molecule has 2 aromatic rings. The number of rotatable bonds is 5. The Labute approximate surface area is 143 Å². The number of amides is 1. The number of nitrogens with zero attached hydrogens (tertiary/aromatic N) is 3. The van der Waals surface area contributed by atoms with Crippen molar-refractivity contribution in [2.45, 2.75) is 31.8 Å². The summed E-state index contributed by atoms with van der Waals surface area (Å²) in [6.07, 6.45) is -2.45. The lowest BCUT2D eigenvalue weighted by molar-refractivity contribution is -0.0494. The molecule has 3 atom stereocenters. The van der Waals surface area contributed by atoms with Gasteiger partial charge in [-0.1, -0.05) is 35.0 Å². The summed E-state index contributed by atoms with van der Waals surface area (Å²) in [5.74, 6) is -1.37. The number of carbonyl (C=O) groups excluding carboxylic acids is 2. The fraction of sp³-hybridized carbons (Fsp3) is 0.375. The second-order valence-electron chi connectivity index (χ2n) is 5.91. The van der Waals surface area contributed by atoms with Crippen LogP contribution in [-0.2, 0) is 4.74 Å². The molecule has 0 saturated carbocycles. The topological polar surface area (TPSA) is 141 Å². The van der Waals surface area contributed by atoms with Gasteiger partial charge >= 0.3 is 0 Å².